The molecule has 1 N–H and O–H groups in total. The molecule has 1 atom stereocenters. The van der Waals surface area contributed by atoms with E-state index in [1.54, 1.807) is 11.3 Å². The summed E-state index contributed by atoms with van der Waals surface area (Å²) in [5.41, 5.74) is 2.52. The fourth-order valence-corrected chi connectivity index (χ4v) is 4.60. The van der Waals surface area contributed by atoms with Crippen molar-refractivity contribution in [2.24, 2.45) is 0 Å². The largest absolute Gasteiger partial charge is 0.376 e. The van der Waals surface area contributed by atoms with Gasteiger partial charge in [-0.25, -0.2) is 13.4 Å². The van der Waals surface area contributed by atoms with Gasteiger partial charge in [-0.3, -0.25) is 4.31 Å². The topological polar surface area (TPSA) is 71.5 Å². The summed E-state index contributed by atoms with van der Waals surface area (Å²) in [7, 11) is -3.26. The maximum atomic E-state index is 11.8. The summed E-state index contributed by atoms with van der Waals surface area (Å²) in [6, 6.07) is 7.45. The van der Waals surface area contributed by atoms with Crippen molar-refractivity contribution in [3.05, 3.63) is 29.6 Å². The van der Waals surface area contributed by atoms with Gasteiger partial charge in [-0.2, -0.15) is 0 Å². The number of hydrogen-bond acceptors (Lipinski definition) is 6. The molecule has 2 aromatic rings. The lowest BCUT2D eigenvalue weighted by Gasteiger charge is -2.20. The van der Waals surface area contributed by atoms with Gasteiger partial charge in [-0.1, -0.05) is 12.1 Å². The van der Waals surface area contributed by atoms with Crippen molar-refractivity contribution in [3.8, 4) is 11.3 Å². The van der Waals surface area contributed by atoms with Crippen LogP contribution in [0, 0.1) is 0 Å². The summed E-state index contributed by atoms with van der Waals surface area (Å²) in [6.07, 6.45) is 3.73. The van der Waals surface area contributed by atoms with Crippen molar-refractivity contribution in [3.63, 3.8) is 0 Å². The quantitative estimate of drug-likeness (QED) is 0.797. The highest BCUT2D eigenvalue weighted by atomic mass is 32.2. The number of sulfonamides is 1. The van der Waals surface area contributed by atoms with Crippen molar-refractivity contribution in [1.82, 2.24) is 4.98 Å². The summed E-state index contributed by atoms with van der Waals surface area (Å²) in [4.78, 5) is 4.60. The standard InChI is InChI=1S/C17H23N3O3S2/c1-3-20(25(2,21)22)14-8-6-13(7-9-14)16-12-24-17(19-16)18-11-15-5-4-10-23-15/h6-9,12,15H,3-5,10-11H2,1-2H3,(H,18,19)/t15-/m0/s1. The molecule has 1 fully saturated rings. The molecule has 0 amide bonds. The average Bonchev–Trinajstić information content (AvgIpc) is 3.25. The van der Waals surface area contributed by atoms with Crippen molar-refractivity contribution >= 4 is 32.2 Å². The normalized spacial score (nSPS) is 17.6. The first-order valence-electron chi connectivity index (χ1n) is 8.36. The lowest BCUT2D eigenvalue weighted by Crippen LogP contribution is -2.29. The molecule has 2 heterocycles. The fourth-order valence-electron chi connectivity index (χ4n) is 2.90. The molecule has 8 heteroatoms. The number of ether oxygens (including phenoxy) is 1. The highest BCUT2D eigenvalue weighted by molar-refractivity contribution is 7.92. The Balaban J connectivity index is 1.68. The minimum Gasteiger partial charge on any atom is -0.376 e. The summed E-state index contributed by atoms with van der Waals surface area (Å²) in [5, 5.41) is 6.21. The van der Waals surface area contributed by atoms with Crippen LogP contribution >= 0.6 is 11.3 Å². The maximum absolute atomic E-state index is 11.8. The number of rotatable bonds is 7. The SMILES string of the molecule is CCN(c1ccc(-c2csc(NC[C@@H]3CCCO3)n2)cc1)S(C)(=O)=O. The molecule has 0 radical (unpaired) electrons. The van der Waals surface area contributed by atoms with Gasteiger partial charge in [-0.05, 0) is 31.9 Å². The average molecular weight is 382 g/mol. The van der Waals surface area contributed by atoms with E-state index < -0.39 is 10.0 Å². The molecule has 0 saturated carbocycles. The Labute approximate surface area is 152 Å². The van der Waals surface area contributed by atoms with Crippen LogP contribution < -0.4 is 9.62 Å². The number of thiazole rings is 1. The first-order chi connectivity index (χ1) is 12.0. The number of anilines is 2. The highest BCUT2D eigenvalue weighted by Gasteiger charge is 2.17. The zero-order valence-electron chi connectivity index (χ0n) is 14.4. The van der Waals surface area contributed by atoms with Crippen LogP contribution in [0.15, 0.2) is 29.6 Å². The van der Waals surface area contributed by atoms with E-state index in [4.69, 9.17) is 4.74 Å². The number of aromatic nitrogens is 1. The molecule has 1 aromatic carbocycles. The van der Waals surface area contributed by atoms with Gasteiger partial charge in [0.2, 0.25) is 10.0 Å². The smallest absolute Gasteiger partial charge is 0.232 e. The molecule has 1 aromatic heterocycles. The second-order valence-electron chi connectivity index (χ2n) is 6.03. The zero-order valence-corrected chi connectivity index (χ0v) is 16.1. The Morgan fingerprint density at radius 2 is 2.12 bits per heavy atom. The van der Waals surface area contributed by atoms with E-state index in [-0.39, 0.29) is 6.10 Å². The molecule has 3 rings (SSSR count). The Morgan fingerprint density at radius 3 is 2.72 bits per heavy atom. The first-order valence-corrected chi connectivity index (χ1v) is 11.1. The summed E-state index contributed by atoms with van der Waals surface area (Å²) >= 11 is 1.56. The lowest BCUT2D eigenvalue weighted by atomic mass is 10.1. The second-order valence-corrected chi connectivity index (χ2v) is 8.79. The third kappa shape index (κ3) is 4.50. The van der Waals surface area contributed by atoms with Crippen molar-refractivity contribution < 1.29 is 13.2 Å². The van der Waals surface area contributed by atoms with Crippen molar-refractivity contribution in [1.29, 1.82) is 0 Å². The van der Waals surface area contributed by atoms with Gasteiger partial charge in [0, 0.05) is 30.6 Å². The number of benzene rings is 1. The predicted octanol–water partition coefficient (Wildman–Crippen LogP) is 3.19. The van der Waals surface area contributed by atoms with E-state index in [0.29, 0.717) is 12.2 Å². The van der Waals surface area contributed by atoms with E-state index in [1.807, 2.05) is 36.6 Å². The molecule has 0 aliphatic carbocycles. The van der Waals surface area contributed by atoms with Gasteiger partial charge < -0.3 is 10.1 Å². The minimum atomic E-state index is -3.26. The second kappa shape index (κ2) is 7.72. The van der Waals surface area contributed by atoms with Crippen LogP contribution in [-0.2, 0) is 14.8 Å². The zero-order chi connectivity index (χ0) is 17.9. The lowest BCUT2D eigenvalue weighted by molar-refractivity contribution is 0.120. The van der Waals surface area contributed by atoms with Crippen LogP contribution in [0.5, 0.6) is 0 Å². The van der Waals surface area contributed by atoms with Crippen LogP contribution in [0.1, 0.15) is 19.8 Å². The monoisotopic (exact) mass is 381 g/mol. The third-order valence-electron chi connectivity index (χ3n) is 4.15. The predicted molar refractivity (Wildman–Crippen MR) is 103 cm³/mol. The summed E-state index contributed by atoms with van der Waals surface area (Å²) in [5.74, 6) is 0. The molecule has 0 unspecified atom stereocenters. The summed E-state index contributed by atoms with van der Waals surface area (Å²) < 4.78 is 30.6. The molecule has 25 heavy (non-hydrogen) atoms. The highest BCUT2D eigenvalue weighted by Crippen LogP contribution is 2.27. The Bertz CT molecular complexity index is 797. The van der Waals surface area contributed by atoms with Crippen LogP contribution in [-0.4, -0.2) is 45.5 Å². The fraction of sp³-hybridized carbons (Fsp3) is 0.471. The molecule has 1 saturated heterocycles. The molecule has 0 bridgehead atoms. The molecule has 0 spiro atoms. The van der Waals surface area contributed by atoms with E-state index >= 15 is 0 Å². The molecular formula is C17H23N3O3S2. The number of nitrogens with one attached hydrogen (secondary N) is 1. The van der Waals surface area contributed by atoms with E-state index in [1.165, 1.54) is 10.6 Å². The number of hydrogen-bond donors (Lipinski definition) is 1. The molecule has 1 aliphatic heterocycles. The first kappa shape index (κ1) is 18.2. The van der Waals surface area contributed by atoms with Crippen molar-refractivity contribution in [2.75, 3.05) is 35.6 Å². The van der Waals surface area contributed by atoms with Crippen LogP contribution in [0.4, 0.5) is 10.8 Å². The van der Waals surface area contributed by atoms with E-state index in [2.05, 4.69) is 10.3 Å². The van der Waals surface area contributed by atoms with Crippen LogP contribution in [0.25, 0.3) is 11.3 Å². The van der Waals surface area contributed by atoms with E-state index in [0.717, 1.165) is 42.4 Å². The Hall–Kier alpha value is -1.64. The molecular weight excluding hydrogens is 358 g/mol. The van der Waals surface area contributed by atoms with Gasteiger partial charge in [-0.15, -0.1) is 11.3 Å². The summed E-state index contributed by atoms with van der Waals surface area (Å²) in [6.45, 7) is 3.86. The third-order valence-corrected chi connectivity index (χ3v) is 6.22. The van der Waals surface area contributed by atoms with Gasteiger partial charge in [0.05, 0.1) is 23.7 Å². The number of nitrogens with zero attached hydrogens (tertiary/aromatic N) is 2. The minimum absolute atomic E-state index is 0.280. The molecule has 1 aliphatic rings. The molecule has 136 valence electrons. The van der Waals surface area contributed by atoms with Crippen molar-refractivity contribution in [2.45, 2.75) is 25.9 Å². The van der Waals surface area contributed by atoms with Crippen LogP contribution in [0.2, 0.25) is 0 Å². The van der Waals surface area contributed by atoms with Gasteiger partial charge in [0.15, 0.2) is 5.13 Å². The van der Waals surface area contributed by atoms with Gasteiger partial charge in [0.1, 0.15) is 0 Å². The van der Waals surface area contributed by atoms with E-state index in [9.17, 15) is 8.42 Å². The maximum Gasteiger partial charge on any atom is 0.232 e. The molecule has 6 nitrogen and oxygen atoms in total. The van der Waals surface area contributed by atoms with Gasteiger partial charge >= 0.3 is 0 Å². The Morgan fingerprint density at radius 1 is 1.36 bits per heavy atom. The van der Waals surface area contributed by atoms with Crippen LogP contribution in [0.3, 0.4) is 0 Å². The Kier molecular flexibility index (Phi) is 5.61. The van der Waals surface area contributed by atoms with Gasteiger partial charge in [0.25, 0.3) is 0 Å².